The van der Waals surface area contributed by atoms with Crippen molar-refractivity contribution in [2.24, 2.45) is 11.7 Å². The van der Waals surface area contributed by atoms with E-state index in [1.807, 2.05) is 24.3 Å². The molecule has 0 unspecified atom stereocenters. The monoisotopic (exact) mass is 422 g/mol. The van der Waals surface area contributed by atoms with Crippen molar-refractivity contribution in [3.63, 3.8) is 0 Å². The van der Waals surface area contributed by atoms with Crippen LogP contribution in [0.5, 0.6) is 0 Å². The quantitative estimate of drug-likeness (QED) is 0.645. The number of piperidine rings is 1. The Balaban J connectivity index is 1.30. The summed E-state index contributed by atoms with van der Waals surface area (Å²) in [6.45, 7) is 3.22. The number of likely N-dealkylation sites (tertiary alicyclic amines) is 1. The number of carbonyl (C=O) groups excluding carboxylic acids is 1. The van der Waals surface area contributed by atoms with Crippen LogP contribution in [0, 0.1) is 5.92 Å². The molecule has 2 fully saturated rings. The molecule has 0 spiro atoms. The largest absolute Gasteiger partial charge is 0.468 e. The van der Waals surface area contributed by atoms with Gasteiger partial charge in [0.25, 0.3) is 0 Å². The molecule has 2 aliphatic rings. The second-order valence-corrected chi connectivity index (χ2v) is 8.23. The van der Waals surface area contributed by atoms with Gasteiger partial charge >= 0.3 is 0 Å². The molecule has 2 N–H and O–H groups in total. The lowest BCUT2D eigenvalue weighted by molar-refractivity contribution is -0.122. The third-order valence-corrected chi connectivity index (χ3v) is 6.25. The summed E-state index contributed by atoms with van der Waals surface area (Å²) in [6, 6.07) is 7.86. The molecular formula is C22H26N6O3. The number of nitrogens with zero attached hydrogens (tertiary/aromatic N) is 5. The summed E-state index contributed by atoms with van der Waals surface area (Å²) in [5.41, 5.74) is 6.31. The van der Waals surface area contributed by atoms with Crippen molar-refractivity contribution in [1.29, 1.82) is 0 Å². The van der Waals surface area contributed by atoms with E-state index < -0.39 is 0 Å². The first kappa shape index (κ1) is 19.7. The van der Waals surface area contributed by atoms with Crippen molar-refractivity contribution >= 4 is 11.7 Å². The van der Waals surface area contributed by atoms with Gasteiger partial charge in [-0.15, -0.1) is 0 Å². The molecule has 9 heteroatoms. The molecule has 0 radical (unpaired) electrons. The van der Waals surface area contributed by atoms with Crippen molar-refractivity contribution in [2.45, 2.75) is 38.3 Å². The van der Waals surface area contributed by atoms with Gasteiger partial charge in [0.1, 0.15) is 11.6 Å². The molecule has 5 rings (SSSR count). The van der Waals surface area contributed by atoms with Gasteiger partial charge in [-0.1, -0.05) is 5.16 Å². The summed E-state index contributed by atoms with van der Waals surface area (Å²) >= 11 is 0. The van der Waals surface area contributed by atoms with Crippen LogP contribution >= 0.6 is 0 Å². The number of aromatic nitrogens is 3. The highest BCUT2D eigenvalue weighted by molar-refractivity contribution is 5.77. The standard InChI is InChI=1S/C22H26N6O3/c23-20(29)15-6-10-27(11-7-15)19-13-16(5-8-24-19)21-25-22(31-26-21)18-4-1-9-28(18)14-17-3-2-12-30-17/h2-3,5,8,12-13,15,18H,1,4,6-7,9-11,14H2,(H2,23,29)/t18-/m0/s1. The molecular weight excluding hydrogens is 396 g/mol. The van der Waals surface area contributed by atoms with E-state index in [1.54, 1.807) is 12.5 Å². The van der Waals surface area contributed by atoms with E-state index in [4.69, 9.17) is 19.7 Å². The molecule has 5 heterocycles. The molecule has 2 aliphatic heterocycles. The second kappa shape index (κ2) is 8.50. The predicted octanol–water partition coefficient (Wildman–Crippen LogP) is 2.76. The van der Waals surface area contributed by atoms with Crippen LogP contribution in [-0.2, 0) is 11.3 Å². The summed E-state index contributed by atoms with van der Waals surface area (Å²) in [4.78, 5) is 25.1. The van der Waals surface area contributed by atoms with Crippen LogP contribution in [0.15, 0.2) is 45.7 Å². The second-order valence-electron chi connectivity index (χ2n) is 8.23. The highest BCUT2D eigenvalue weighted by Crippen LogP contribution is 2.33. The van der Waals surface area contributed by atoms with E-state index in [1.165, 1.54) is 0 Å². The normalized spacial score (nSPS) is 20.4. The molecule has 1 amide bonds. The highest BCUT2D eigenvalue weighted by atomic mass is 16.5. The smallest absolute Gasteiger partial charge is 0.244 e. The number of amides is 1. The van der Waals surface area contributed by atoms with Crippen LogP contribution in [0.1, 0.15) is 43.4 Å². The van der Waals surface area contributed by atoms with Gasteiger partial charge in [0.2, 0.25) is 17.6 Å². The summed E-state index contributed by atoms with van der Waals surface area (Å²) in [5, 5.41) is 4.24. The Bertz CT molecular complexity index is 1030. The minimum absolute atomic E-state index is 0.0465. The van der Waals surface area contributed by atoms with Crippen LogP contribution in [0.4, 0.5) is 5.82 Å². The Labute approximate surface area is 180 Å². The highest BCUT2D eigenvalue weighted by Gasteiger charge is 2.31. The third-order valence-electron chi connectivity index (χ3n) is 6.25. The number of hydrogen-bond donors (Lipinski definition) is 1. The lowest BCUT2D eigenvalue weighted by Crippen LogP contribution is -2.38. The summed E-state index contributed by atoms with van der Waals surface area (Å²) in [7, 11) is 0. The maximum atomic E-state index is 11.4. The number of furan rings is 1. The fraction of sp³-hybridized carbons (Fsp3) is 0.455. The molecule has 0 saturated carbocycles. The number of hydrogen-bond acceptors (Lipinski definition) is 8. The van der Waals surface area contributed by atoms with Gasteiger partial charge in [0.05, 0.1) is 18.8 Å². The molecule has 1 atom stereocenters. The van der Waals surface area contributed by atoms with Gasteiger partial charge in [-0.2, -0.15) is 4.98 Å². The Morgan fingerprint density at radius 1 is 1.19 bits per heavy atom. The van der Waals surface area contributed by atoms with Gasteiger partial charge in [0, 0.05) is 30.8 Å². The number of rotatable bonds is 6. The van der Waals surface area contributed by atoms with Gasteiger partial charge in [-0.25, -0.2) is 4.98 Å². The van der Waals surface area contributed by atoms with E-state index >= 15 is 0 Å². The number of pyridine rings is 1. The Morgan fingerprint density at radius 3 is 2.84 bits per heavy atom. The first-order valence-corrected chi connectivity index (χ1v) is 10.8. The van der Waals surface area contributed by atoms with Crippen molar-refractivity contribution in [1.82, 2.24) is 20.0 Å². The van der Waals surface area contributed by atoms with Crippen molar-refractivity contribution in [3.05, 3.63) is 48.4 Å². The average molecular weight is 422 g/mol. The Hall–Kier alpha value is -3.20. The van der Waals surface area contributed by atoms with E-state index in [9.17, 15) is 4.79 Å². The topological polar surface area (TPSA) is 115 Å². The number of anilines is 1. The summed E-state index contributed by atoms with van der Waals surface area (Å²) < 4.78 is 11.2. The van der Waals surface area contributed by atoms with Crippen LogP contribution in [-0.4, -0.2) is 45.6 Å². The zero-order valence-electron chi connectivity index (χ0n) is 17.3. The molecule has 0 aromatic carbocycles. The van der Waals surface area contributed by atoms with Gasteiger partial charge in [-0.3, -0.25) is 9.69 Å². The Morgan fingerprint density at radius 2 is 2.06 bits per heavy atom. The minimum atomic E-state index is -0.214. The van der Waals surface area contributed by atoms with E-state index in [2.05, 4.69) is 19.9 Å². The first-order chi connectivity index (χ1) is 15.2. The first-order valence-electron chi connectivity index (χ1n) is 10.8. The zero-order valence-corrected chi connectivity index (χ0v) is 17.3. The van der Waals surface area contributed by atoms with Gasteiger partial charge in [-0.05, 0) is 56.5 Å². The molecule has 0 bridgehead atoms. The van der Waals surface area contributed by atoms with Crippen molar-refractivity contribution in [2.75, 3.05) is 24.5 Å². The SMILES string of the molecule is NC(=O)C1CCN(c2cc(-c3noc([C@@H]4CCCN4Cc4ccco4)n3)ccn2)CC1. The van der Waals surface area contributed by atoms with E-state index in [0.29, 0.717) is 11.7 Å². The molecule has 3 aromatic rings. The van der Waals surface area contributed by atoms with Crippen LogP contribution in [0.2, 0.25) is 0 Å². The minimum Gasteiger partial charge on any atom is -0.468 e. The lowest BCUT2D eigenvalue weighted by atomic mass is 9.96. The number of nitrogens with two attached hydrogens (primary N) is 1. The molecule has 2 saturated heterocycles. The molecule has 0 aliphatic carbocycles. The lowest BCUT2D eigenvalue weighted by Gasteiger charge is -2.31. The molecule has 162 valence electrons. The maximum absolute atomic E-state index is 11.4. The molecule has 31 heavy (non-hydrogen) atoms. The summed E-state index contributed by atoms with van der Waals surface area (Å²) in [5.74, 6) is 2.73. The third kappa shape index (κ3) is 4.18. The summed E-state index contributed by atoms with van der Waals surface area (Å²) in [6.07, 6.45) is 7.03. The van der Waals surface area contributed by atoms with Crippen molar-refractivity contribution in [3.8, 4) is 11.4 Å². The Kier molecular flexibility index (Phi) is 5.42. The molecule has 9 nitrogen and oxygen atoms in total. The fourth-order valence-corrected chi connectivity index (χ4v) is 4.51. The van der Waals surface area contributed by atoms with Crippen molar-refractivity contribution < 1.29 is 13.7 Å². The van der Waals surface area contributed by atoms with Crippen LogP contribution in [0.3, 0.4) is 0 Å². The van der Waals surface area contributed by atoms with Crippen LogP contribution in [0.25, 0.3) is 11.4 Å². The van der Waals surface area contributed by atoms with Gasteiger partial charge < -0.3 is 19.6 Å². The number of primary amides is 1. The van der Waals surface area contributed by atoms with Crippen LogP contribution < -0.4 is 10.6 Å². The number of carbonyl (C=O) groups is 1. The van der Waals surface area contributed by atoms with E-state index in [-0.39, 0.29) is 17.9 Å². The van der Waals surface area contributed by atoms with Gasteiger partial charge in [0.15, 0.2) is 0 Å². The zero-order chi connectivity index (χ0) is 21.2. The van der Waals surface area contributed by atoms with E-state index in [0.717, 1.165) is 69.0 Å². The molecule has 3 aromatic heterocycles. The fourth-order valence-electron chi connectivity index (χ4n) is 4.51. The predicted molar refractivity (Wildman–Crippen MR) is 113 cm³/mol. The average Bonchev–Trinajstić information content (AvgIpc) is 3.56. The maximum Gasteiger partial charge on any atom is 0.244 e.